The van der Waals surface area contributed by atoms with Crippen molar-refractivity contribution in [2.45, 2.75) is 31.7 Å². The third-order valence-electron chi connectivity index (χ3n) is 3.45. The summed E-state index contributed by atoms with van der Waals surface area (Å²) in [4.78, 5) is 23.9. The van der Waals surface area contributed by atoms with Crippen molar-refractivity contribution in [3.63, 3.8) is 0 Å². The number of rotatable bonds is 9. The number of nitro groups is 1. The summed E-state index contributed by atoms with van der Waals surface area (Å²) in [7, 11) is 1.74. The van der Waals surface area contributed by atoms with Crippen molar-refractivity contribution in [3.05, 3.63) is 52.6 Å². The van der Waals surface area contributed by atoms with E-state index in [1.807, 2.05) is 6.08 Å². The lowest BCUT2D eigenvalue weighted by atomic mass is 10.1. The molecule has 0 saturated carbocycles. The molecule has 0 heterocycles. The van der Waals surface area contributed by atoms with E-state index >= 15 is 0 Å². The highest BCUT2D eigenvalue weighted by Gasteiger charge is 2.18. The van der Waals surface area contributed by atoms with Crippen LogP contribution in [0.4, 0.5) is 5.69 Å². The Bertz CT molecular complexity index is 514. The zero-order chi connectivity index (χ0) is 16.5. The fraction of sp³-hybridized carbons (Fsp3) is 0.438. The number of hydrogen-bond acceptors (Lipinski definition) is 4. The van der Waals surface area contributed by atoms with Crippen molar-refractivity contribution >= 4 is 11.6 Å². The first-order chi connectivity index (χ1) is 10.5. The van der Waals surface area contributed by atoms with Gasteiger partial charge in [0.15, 0.2) is 0 Å². The number of nitro benzene ring substituents is 1. The van der Waals surface area contributed by atoms with Crippen LogP contribution in [-0.2, 0) is 11.2 Å². The molecule has 0 bridgehead atoms. The van der Waals surface area contributed by atoms with Gasteiger partial charge in [0.2, 0.25) is 5.91 Å². The van der Waals surface area contributed by atoms with Crippen molar-refractivity contribution in [1.82, 2.24) is 4.90 Å². The Hall–Kier alpha value is -2.21. The molecule has 0 aliphatic rings. The van der Waals surface area contributed by atoms with Crippen molar-refractivity contribution < 1.29 is 9.72 Å². The van der Waals surface area contributed by atoms with Gasteiger partial charge in [-0.05, 0) is 31.2 Å². The lowest BCUT2D eigenvalue weighted by Gasteiger charge is -2.21. The molecule has 0 aliphatic carbocycles. The average Bonchev–Trinajstić information content (AvgIpc) is 2.51. The Morgan fingerprint density at radius 2 is 2.05 bits per heavy atom. The van der Waals surface area contributed by atoms with Crippen LogP contribution < -0.4 is 5.73 Å². The maximum atomic E-state index is 12.2. The molecule has 120 valence electrons. The topological polar surface area (TPSA) is 89.5 Å². The van der Waals surface area contributed by atoms with Crippen LogP contribution in [-0.4, -0.2) is 35.4 Å². The van der Waals surface area contributed by atoms with E-state index in [-0.39, 0.29) is 11.6 Å². The standard InChI is InChI=1S/C16H23N3O3/c1-3-4-5-6-11-18(2)16(20)15(17)12-13-7-9-14(10-8-13)19(21)22/h3,7-10,15H,1,4-6,11-12,17H2,2H3/t15-/m0/s1. The molecular weight excluding hydrogens is 282 g/mol. The number of unbranched alkanes of at least 4 members (excludes halogenated alkanes) is 2. The number of nitrogens with two attached hydrogens (primary N) is 1. The summed E-state index contributed by atoms with van der Waals surface area (Å²) in [6.45, 7) is 4.33. The second-order valence-corrected chi connectivity index (χ2v) is 5.28. The first-order valence-corrected chi connectivity index (χ1v) is 7.30. The van der Waals surface area contributed by atoms with E-state index in [0.29, 0.717) is 13.0 Å². The normalized spacial score (nSPS) is 11.7. The first kappa shape index (κ1) is 17.8. The second kappa shape index (κ2) is 8.94. The first-order valence-electron chi connectivity index (χ1n) is 7.30. The molecule has 6 heteroatoms. The smallest absolute Gasteiger partial charge is 0.269 e. The minimum Gasteiger partial charge on any atom is -0.344 e. The zero-order valence-electron chi connectivity index (χ0n) is 12.9. The fourth-order valence-electron chi connectivity index (χ4n) is 2.13. The summed E-state index contributed by atoms with van der Waals surface area (Å²) in [6.07, 6.45) is 5.09. The van der Waals surface area contributed by atoms with Crippen LogP contribution in [0.2, 0.25) is 0 Å². The van der Waals surface area contributed by atoms with Crippen LogP contribution >= 0.6 is 0 Å². The average molecular weight is 305 g/mol. The molecule has 1 rings (SSSR count). The van der Waals surface area contributed by atoms with Gasteiger partial charge in [-0.2, -0.15) is 0 Å². The van der Waals surface area contributed by atoms with Crippen LogP contribution in [0.25, 0.3) is 0 Å². The highest BCUT2D eigenvalue weighted by atomic mass is 16.6. The van der Waals surface area contributed by atoms with Gasteiger partial charge in [-0.25, -0.2) is 0 Å². The summed E-state index contributed by atoms with van der Waals surface area (Å²) in [5, 5.41) is 10.6. The van der Waals surface area contributed by atoms with Crippen molar-refractivity contribution in [1.29, 1.82) is 0 Å². The molecule has 22 heavy (non-hydrogen) atoms. The second-order valence-electron chi connectivity index (χ2n) is 5.28. The molecule has 2 N–H and O–H groups in total. The van der Waals surface area contributed by atoms with Gasteiger partial charge in [-0.3, -0.25) is 14.9 Å². The third kappa shape index (κ3) is 5.65. The SMILES string of the molecule is C=CCCCCN(C)C(=O)[C@@H](N)Cc1ccc([N+](=O)[O-])cc1. The molecule has 0 fully saturated rings. The molecule has 6 nitrogen and oxygen atoms in total. The number of likely N-dealkylation sites (N-methyl/N-ethyl adjacent to an activating group) is 1. The van der Waals surface area contributed by atoms with E-state index in [1.54, 1.807) is 24.1 Å². The van der Waals surface area contributed by atoms with Gasteiger partial charge in [0.05, 0.1) is 11.0 Å². The van der Waals surface area contributed by atoms with Gasteiger partial charge < -0.3 is 10.6 Å². The molecule has 0 saturated heterocycles. The van der Waals surface area contributed by atoms with Crippen molar-refractivity contribution in [2.75, 3.05) is 13.6 Å². The minimum absolute atomic E-state index is 0.0305. The number of carbonyl (C=O) groups is 1. The van der Waals surface area contributed by atoms with Gasteiger partial charge in [0.1, 0.15) is 0 Å². The lowest BCUT2D eigenvalue weighted by Crippen LogP contribution is -2.43. The molecule has 0 aromatic heterocycles. The molecule has 1 aromatic rings. The Kier molecular flexibility index (Phi) is 7.25. The maximum absolute atomic E-state index is 12.2. The Balaban J connectivity index is 2.48. The van der Waals surface area contributed by atoms with Gasteiger partial charge >= 0.3 is 0 Å². The molecule has 0 radical (unpaired) electrons. The Morgan fingerprint density at radius 1 is 1.41 bits per heavy atom. The number of amides is 1. The van der Waals surface area contributed by atoms with Crippen LogP contribution in [0, 0.1) is 10.1 Å². The van der Waals surface area contributed by atoms with Gasteiger partial charge in [0.25, 0.3) is 5.69 Å². The van der Waals surface area contributed by atoms with Gasteiger partial charge in [-0.15, -0.1) is 6.58 Å². The number of nitrogens with zero attached hydrogens (tertiary/aromatic N) is 2. The molecule has 1 amide bonds. The van der Waals surface area contributed by atoms with E-state index in [1.165, 1.54) is 12.1 Å². The molecule has 0 spiro atoms. The molecule has 1 aromatic carbocycles. The summed E-state index contributed by atoms with van der Waals surface area (Å²) in [6, 6.07) is 5.48. The van der Waals surface area contributed by atoms with Crippen molar-refractivity contribution in [2.24, 2.45) is 5.73 Å². The summed E-state index contributed by atoms with van der Waals surface area (Å²) in [5.74, 6) is -0.114. The van der Waals surface area contributed by atoms with Crippen LogP contribution in [0.5, 0.6) is 0 Å². The monoisotopic (exact) mass is 305 g/mol. The number of carbonyl (C=O) groups excluding carboxylic acids is 1. The van der Waals surface area contributed by atoms with E-state index < -0.39 is 11.0 Å². The summed E-state index contributed by atoms with van der Waals surface area (Å²) in [5.41, 5.74) is 6.78. The maximum Gasteiger partial charge on any atom is 0.269 e. The Morgan fingerprint density at radius 3 is 2.59 bits per heavy atom. The van der Waals surface area contributed by atoms with E-state index in [4.69, 9.17) is 5.73 Å². The molecule has 0 aliphatic heterocycles. The van der Waals surface area contributed by atoms with Crippen LogP contribution in [0.15, 0.2) is 36.9 Å². The van der Waals surface area contributed by atoms with Gasteiger partial charge in [0, 0.05) is 25.7 Å². The predicted molar refractivity (Wildman–Crippen MR) is 86.5 cm³/mol. The lowest BCUT2D eigenvalue weighted by molar-refractivity contribution is -0.384. The predicted octanol–water partition coefficient (Wildman–Crippen LogP) is 2.28. The molecular formula is C16H23N3O3. The van der Waals surface area contributed by atoms with E-state index in [2.05, 4.69) is 6.58 Å². The number of non-ortho nitro benzene ring substituents is 1. The number of benzene rings is 1. The largest absolute Gasteiger partial charge is 0.344 e. The highest BCUT2D eigenvalue weighted by molar-refractivity contribution is 5.81. The van der Waals surface area contributed by atoms with E-state index in [0.717, 1.165) is 24.8 Å². The minimum atomic E-state index is -0.633. The number of allylic oxidation sites excluding steroid dienone is 1. The van der Waals surface area contributed by atoms with E-state index in [9.17, 15) is 14.9 Å². The summed E-state index contributed by atoms with van der Waals surface area (Å²) < 4.78 is 0. The van der Waals surface area contributed by atoms with Crippen LogP contribution in [0.3, 0.4) is 0 Å². The molecule has 1 atom stereocenters. The number of hydrogen-bond donors (Lipinski definition) is 1. The van der Waals surface area contributed by atoms with Crippen molar-refractivity contribution in [3.8, 4) is 0 Å². The third-order valence-corrected chi connectivity index (χ3v) is 3.45. The van der Waals surface area contributed by atoms with Gasteiger partial charge in [-0.1, -0.05) is 18.2 Å². The Labute approximate surface area is 130 Å². The quantitative estimate of drug-likeness (QED) is 0.328. The fourth-order valence-corrected chi connectivity index (χ4v) is 2.13. The zero-order valence-corrected chi connectivity index (χ0v) is 12.9. The summed E-state index contributed by atoms with van der Waals surface area (Å²) >= 11 is 0. The molecule has 0 unspecified atom stereocenters. The highest BCUT2D eigenvalue weighted by Crippen LogP contribution is 2.13. The van der Waals surface area contributed by atoms with Crippen LogP contribution in [0.1, 0.15) is 24.8 Å².